The zero-order chi connectivity index (χ0) is 10.7. The number of alkyl halides is 1. The van der Waals surface area contributed by atoms with Gasteiger partial charge in [0.15, 0.2) is 0 Å². The maximum Gasteiger partial charge on any atom is 0.0590 e. The molecule has 0 aliphatic heterocycles. The number of hydrogen-bond donors (Lipinski definition) is 0. The molecule has 0 nitrogen and oxygen atoms in total. The average molecular weight is 211 g/mol. The van der Waals surface area contributed by atoms with Gasteiger partial charge < -0.3 is 0 Å². The zero-order valence-electron chi connectivity index (χ0n) is 9.52. The molecule has 1 atom stereocenters. The van der Waals surface area contributed by atoms with Gasteiger partial charge in [-0.1, -0.05) is 31.0 Å². The van der Waals surface area contributed by atoms with Crippen LogP contribution in [0.3, 0.4) is 0 Å². The first-order valence-corrected chi connectivity index (χ1v) is 5.71. The summed E-state index contributed by atoms with van der Waals surface area (Å²) in [6.07, 6.45) is 2.20. The standard InChI is InChI=1S/C13H19Cl/c1-5-6-12(14)13-10(3)7-9(2)8-11(13)4/h7-8,12H,5-6H2,1-4H3. The highest BCUT2D eigenvalue weighted by Gasteiger charge is 2.12. The maximum atomic E-state index is 6.37. The van der Waals surface area contributed by atoms with Gasteiger partial charge >= 0.3 is 0 Å². The quantitative estimate of drug-likeness (QED) is 0.635. The van der Waals surface area contributed by atoms with Gasteiger partial charge in [-0.25, -0.2) is 0 Å². The molecule has 1 unspecified atom stereocenters. The molecule has 0 amide bonds. The van der Waals surface area contributed by atoms with Crippen LogP contribution in [0.25, 0.3) is 0 Å². The van der Waals surface area contributed by atoms with E-state index >= 15 is 0 Å². The molecule has 0 radical (unpaired) electrons. The van der Waals surface area contributed by atoms with Crippen LogP contribution in [0.5, 0.6) is 0 Å². The van der Waals surface area contributed by atoms with Gasteiger partial charge in [0.1, 0.15) is 0 Å². The van der Waals surface area contributed by atoms with E-state index in [1.807, 2.05) is 0 Å². The molecule has 0 fully saturated rings. The van der Waals surface area contributed by atoms with Gasteiger partial charge in [-0.3, -0.25) is 0 Å². The summed E-state index contributed by atoms with van der Waals surface area (Å²) in [4.78, 5) is 0. The van der Waals surface area contributed by atoms with Crippen LogP contribution >= 0.6 is 11.6 Å². The molecule has 0 N–H and O–H groups in total. The van der Waals surface area contributed by atoms with E-state index in [4.69, 9.17) is 11.6 Å². The van der Waals surface area contributed by atoms with Crippen LogP contribution in [0, 0.1) is 20.8 Å². The van der Waals surface area contributed by atoms with E-state index in [1.54, 1.807) is 0 Å². The fourth-order valence-corrected chi connectivity index (χ4v) is 2.65. The lowest BCUT2D eigenvalue weighted by atomic mass is 9.95. The Labute approximate surface area is 92.3 Å². The average Bonchev–Trinajstić information content (AvgIpc) is 2.01. The lowest BCUT2D eigenvalue weighted by Gasteiger charge is -2.16. The minimum Gasteiger partial charge on any atom is -0.118 e. The van der Waals surface area contributed by atoms with Gasteiger partial charge in [-0.05, 0) is 43.9 Å². The number of rotatable bonds is 3. The van der Waals surface area contributed by atoms with Crippen molar-refractivity contribution in [3.63, 3.8) is 0 Å². The van der Waals surface area contributed by atoms with Crippen molar-refractivity contribution in [2.24, 2.45) is 0 Å². The van der Waals surface area contributed by atoms with Gasteiger partial charge in [-0.15, -0.1) is 11.6 Å². The Bertz CT molecular complexity index is 292. The van der Waals surface area contributed by atoms with Crippen molar-refractivity contribution in [1.82, 2.24) is 0 Å². The molecular weight excluding hydrogens is 192 g/mol. The van der Waals surface area contributed by atoms with Gasteiger partial charge in [0.05, 0.1) is 5.38 Å². The van der Waals surface area contributed by atoms with Crippen molar-refractivity contribution >= 4 is 11.6 Å². The summed E-state index contributed by atoms with van der Waals surface area (Å²) in [7, 11) is 0. The van der Waals surface area contributed by atoms with Crippen molar-refractivity contribution in [2.75, 3.05) is 0 Å². The first-order chi connectivity index (χ1) is 6.56. The van der Waals surface area contributed by atoms with E-state index in [1.165, 1.54) is 22.3 Å². The number of halogens is 1. The van der Waals surface area contributed by atoms with Crippen LogP contribution in [-0.4, -0.2) is 0 Å². The predicted molar refractivity (Wildman–Crippen MR) is 64.2 cm³/mol. The Balaban J connectivity index is 3.07. The highest BCUT2D eigenvalue weighted by atomic mass is 35.5. The molecule has 0 saturated heterocycles. The third-order valence-electron chi connectivity index (χ3n) is 2.59. The fourth-order valence-electron chi connectivity index (χ4n) is 2.08. The molecule has 78 valence electrons. The molecule has 0 spiro atoms. The molecular formula is C13H19Cl. The number of hydrogen-bond acceptors (Lipinski definition) is 0. The van der Waals surface area contributed by atoms with Crippen LogP contribution in [0.4, 0.5) is 0 Å². The van der Waals surface area contributed by atoms with Gasteiger partial charge in [0.25, 0.3) is 0 Å². The Morgan fingerprint density at radius 2 is 1.64 bits per heavy atom. The van der Waals surface area contributed by atoms with E-state index < -0.39 is 0 Å². The van der Waals surface area contributed by atoms with Crippen molar-refractivity contribution < 1.29 is 0 Å². The van der Waals surface area contributed by atoms with Crippen molar-refractivity contribution in [3.8, 4) is 0 Å². The maximum absolute atomic E-state index is 6.37. The Kier molecular flexibility index (Phi) is 4.00. The Morgan fingerprint density at radius 1 is 1.14 bits per heavy atom. The molecule has 0 heterocycles. The SMILES string of the molecule is CCCC(Cl)c1c(C)cc(C)cc1C. The lowest BCUT2D eigenvalue weighted by molar-refractivity contribution is 0.762. The summed E-state index contributed by atoms with van der Waals surface area (Å²) in [6, 6.07) is 4.43. The molecule has 1 aromatic rings. The second-order valence-electron chi connectivity index (χ2n) is 4.07. The van der Waals surface area contributed by atoms with Crippen molar-refractivity contribution in [1.29, 1.82) is 0 Å². The smallest absolute Gasteiger partial charge is 0.0590 e. The molecule has 0 aromatic heterocycles. The van der Waals surface area contributed by atoms with Crippen LogP contribution in [0.1, 0.15) is 47.4 Å². The summed E-state index contributed by atoms with van der Waals surface area (Å²) in [5.74, 6) is 0. The second-order valence-corrected chi connectivity index (χ2v) is 4.60. The number of aryl methyl sites for hydroxylation is 3. The summed E-state index contributed by atoms with van der Waals surface area (Å²) < 4.78 is 0. The normalized spacial score (nSPS) is 12.9. The van der Waals surface area contributed by atoms with Crippen molar-refractivity contribution in [2.45, 2.75) is 45.9 Å². The first kappa shape index (κ1) is 11.6. The van der Waals surface area contributed by atoms with Crippen LogP contribution in [0.2, 0.25) is 0 Å². The minimum absolute atomic E-state index is 0.181. The van der Waals surface area contributed by atoms with Crippen LogP contribution in [-0.2, 0) is 0 Å². The molecule has 1 aromatic carbocycles. The third kappa shape index (κ3) is 2.51. The Morgan fingerprint density at radius 3 is 2.07 bits per heavy atom. The van der Waals surface area contributed by atoms with Crippen LogP contribution in [0.15, 0.2) is 12.1 Å². The summed E-state index contributed by atoms with van der Waals surface area (Å²) in [6.45, 7) is 8.61. The highest BCUT2D eigenvalue weighted by Crippen LogP contribution is 2.31. The second kappa shape index (κ2) is 4.84. The predicted octanol–water partition coefficient (Wildman–Crippen LogP) is 4.69. The topological polar surface area (TPSA) is 0 Å². The van der Waals surface area contributed by atoms with Crippen molar-refractivity contribution in [3.05, 3.63) is 34.4 Å². The number of benzene rings is 1. The third-order valence-corrected chi connectivity index (χ3v) is 3.03. The lowest BCUT2D eigenvalue weighted by Crippen LogP contribution is -1.98. The van der Waals surface area contributed by atoms with E-state index in [9.17, 15) is 0 Å². The fraction of sp³-hybridized carbons (Fsp3) is 0.538. The summed E-state index contributed by atoms with van der Waals surface area (Å²) >= 11 is 6.37. The molecule has 1 rings (SSSR count). The monoisotopic (exact) mass is 210 g/mol. The summed E-state index contributed by atoms with van der Waals surface area (Å²) in [5.41, 5.74) is 5.31. The highest BCUT2D eigenvalue weighted by molar-refractivity contribution is 6.21. The summed E-state index contributed by atoms with van der Waals surface area (Å²) in [5, 5.41) is 0.181. The first-order valence-electron chi connectivity index (χ1n) is 5.28. The van der Waals surface area contributed by atoms with E-state index in [0.29, 0.717) is 0 Å². The zero-order valence-corrected chi connectivity index (χ0v) is 10.3. The Hall–Kier alpha value is -0.490. The van der Waals surface area contributed by atoms with E-state index in [-0.39, 0.29) is 5.38 Å². The van der Waals surface area contributed by atoms with E-state index in [0.717, 1.165) is 12.8 Å². The largest absolute Gasteiger partial charge is 0.118 e. The molecule has 0 aliphatic carbocycles. The van der Waals surface area contributed by atoms with Crippen LogP contribution < -0.4 is 0 Å². The molecule has 0 saturated carbocycles. The van der Waals surface area contributed by atoms with E-state index in [2.05, 4.69) is 39.8 Å². The van der Waals surface area contributed by atoms with Gasteiger partial charge in [0, 0.05) is 0 Å². The molecule has 14 heavy (non-hydrogen) atoms. The molecule has 0 aliphatic rings. The molecule has 1 heteroatoms. The molecule has 0 bridgehead atoms. The van der Waals surface area contributed by atoms with Gasteiger partial charge in [-0.2, -0.15) is 0 Å². The van der Waals surface area contributed by atoms with Gasteiger partial charge in [0.2, 0.25) is 0 Å². The minimum atomic E-state index is 0.181.